The number of carbonyl (C=O) groups excluding carboxylic acids is 3. The summed E-state index contributed by atoms with van der Waals surface area (Å²) >= 11 is 0. The summed E-state index contributed by atoms with van der Waals surface area (Å²) in [5, 5.41) is 22.9. The Morgan fingerprint density at radius 2 is 1.81 bits per heavy atom. The fraction of sp³-hybridized carbons (Fsp3) is 0.179. The van der Waals surface area contributed by atoms with E-state index in [1.54, 1.807) is 12.1 Å². The highest BCUT2D eigenvalue weighted by Gasteiger charge is 2.69. The number of hydrogen-bond acceptors (Lipinski definition) is 6. The number of nitrogens with zero attached hydrogens (tertiary/aromatic N) is 1. The van der Waals surface area contributed by atoms with Crippen LogP contribution in [0, 0.1) is 11.1 Å². The van der Waals surface area contributed by atoms with Crippen molar-refractivity contribution in [3.8, 4) is 0 Å². The second-order valence-corrected chi connectivity index (χ2v) is 9.42. The van der Waals surface area contributed by atoms with Crippen LogP contribution in [0.3, 0.4) is 0 Å². The van der Waals surface area contributed by atoms with Crippen LogP contribution >= 0.6 is 0 Å². The molecule has 36 heavy (non-hydrogen) atoms. The van der Waals surface area contributed by atoms with Gasteiger partial charge in [-0.1, -0.05) is 60.7 Å². The maximum Gasteiger partial charge on any atom is 0.238 e. The van der Waals surface area contributed by atoms with E-state index >= 15 is 0 Å². The SMILES string of the molecule is CC(=O)C1C(C(=O)c2cccc([NH+]([O-])O)c2)C2(C(=O)Nc3ccccc32)C2C=Cc3ccccc3N12. The molecule has 3 aromatic rings. The molecule has 1 fully saturated rings. The van der Waals surface area contributed by atoms with E-state index in [1.807, 2.05) is 59.5 Å². The van der Waals surface area contributed by atoms with Gasteiger partial charge in [0.05, 0.1) is 18.0 Å². The molecule has 0 bridgehead atoms. The number of carbonyl (C=O) groups is 3. The first-order valence-corrected chi connectivity index (χ1v) is 11.7. The smallest absolute Gasteiger partial charge is 0.238 e. The summed E-state index contributed by atoms with van der Waals surface area (Å²) in [7, 11) is 0. The van der Waals surface area contributed by atoms with Gasteiger partial charge in [-0.05, 0) is 30.2 Å². The third-order valence-electron chi connectivity index (χ3n) is 7.63. The summed E-state index contributed by atoms with van der Waals surface area (Å²) in [6.45, 7) is 1.44. The molecule has 3 heterocycles. The van der Waals surface area contributed by atoms with Crippen molar-refractivity contribution in [1.29, 1.82) is 0 Å². The molecule has 1 amide bonds. The van der Waals surface area contributed by atoms with Gasteiger partial charge in [0.25, 0.3) is 0 Å². The molecule has 6 rings (SSSR count). The zero-order chi connectivity index (χ0) is 25.2. The first kappa shape index (κ1) is 22.4. The van der Waals surface area contributed by atoms with Crippen molar-refractivity contribution < 1.29 is 24.8 Å². The van der Waals surface area contributed by atoms with Gasteiger partial charge in [0.1, 0.15) is 5.41 Å². The largest absolute Gasteiger partial charge is 0.595 e. The average molecular weight is 482 g/mol. The topological polar surface area (TPSA) is 114 Å². The van der Waals surface area contributed by atoms with Gasteiger partial charge in [0, 0.05) is 29.1 Å². The summed E-state index contributed by atoms with van der Waals surface area (Å²) in [5.41, 5.74) is 1.67. The number of para-hydroxylation sites is 2. The molecule has 3 aliphatic heterocycles. The van der Waals surface area contributed by atoms with Gasteiger partial charge >= 0.3 is 0 Å². The first-order valence-electron chi connectivity index (χ1n) is 11.7. The lowest BCUT2D eigenvalue weighted by atomic mass is 9.64. The number of amides is 1. The van der Waals surface area contributed by atoms with Crippen LogP contribution in [0.4, 0.5) is 17.1 Å². The molecule has 8 nitrogen and oxygen atoms in total. The Balaban J connectivity index is 1.64. The molecule has 1 spiro atoms. The van der Waals surface area contributed by atoms with Gasteiger partial charge in [-0.25, -0.2) is 5.21 Å². The zero-order valence-electron chi connectivity index (χ0n) is 19.3. The molecule has 3 aromatic carbocycles. The molecule has 5 atom stereocenters. The van der Waals surface area contributed by atoms with Crippen LogP contribution in [-0.4, -0.2) is 34.8 Å². The number of benzene rings is 3. The molecule has 0 aromatic heterocycles. The number of fused-ring (bicyclic) bond motifs is 6. The van der Waals surface area contributed by atoms with E-state index in [9.17, 15) is 24.8 Å². The van der Waals surface area contributed by atoms with Crippen molar-refractivity contribution in [3.05, 3.63) is 101 Å². The zero-order valence-corrected chi connectivity index (χ0v) is 19.3. The molecular weight excluding hydrogens is 458 g/mol. The van der Waals surface area contributed by atoms with E-state index in [4.69, 9.17) is 0 Å². The van der Waals surface area contributed by atoms with Crippen molar-refractivity contribution in [3.63, 3.8) is 0 Å². The fourth-order valence-corrected chi connectivity index (χ4v) is 6.26. The minimum atomic E-state index is -1.38. The van der Waals surface area contributed by atoms with Gasteiger partial charge in [-0.2, -0.15) is 5.23 Å². The third kappa shape index (κ3) is 2.89. The van der Waals surface area contributed by atoms with Crippen LogP contribution in [0.1, 0.15) is 28.4 Å². The maximum atomic E-state index is 14.3. The lowest BCUT2D eigenvalue weighted by Crippen LogP contribution is -2.99. The van der Waals surface area contributed by atoms with Crippen molar-refractivity contribution in [2.75, 3.05) is 10.2 Å². The molecule has 0 aliphatic carbocycles. The summed E-state index contributed by atoms with van der Waals surface area (Å²) in [6, 6.07) is 19.1. The van der Waals surface area contributed by atoms with E-state index in [-0.39, 0.29) is 22.9 Å². The molecule has 3 aliphatic rings. The molecule has 0 radical (unpaired) electrons. The predicted molar refractivity (Wildman–Crippen MR) is 133 cm³/mol. The minimum absolute atomic E-state index is 0.0356. The van der Waals surface area contributed by atoms with E-state index < -0.39 is 34.4 Å². The van der Waals surface area contributed by atoms with Crippen molar-refractivity contribution >= 4 is 40.6 Å². The predicted octanol–water partition coefficient (Wildman–Crippen LogP) is 2.65. The Bertz CT molecular complexity index is 1460. The number of quaternary nitrogens is 1. The molecule has 3 N–H and O–H groups in total. The highest BCUT2D eigenvalue weighted by Crippen LogP contribution is 2.57. The Hall–Kier alpha value is -4.11. The average Bonchev–Trinajstić information content (AvgIpc) is 3.37. The summed E-state index contributed by atoms with van der Waals surface area (Å²) in [4.78, 5) is 43.6. The highest BCUT2D eigenvalue weighted by molar-refractivity contribution is 6.16. The van der Waals surface area contributed by atoms with Crippen molar-refractivity contribution in [2.24, 2.45) is 5.92 Å². The highest BCUT2D eigenvalue weighted by atomic mass is 16.8. The Morgan fingerprint density at radius 1 is 1.06 bits per heavy atom. The lowest BCUT2D eigenvalue weighted by Gasteiger charge is -2.37. The normalized spacial score (nSPS) is 26.2. The quantitative estimate of drug-likeness (QED) is 0.390. The molecule has 1 saturated heterocycles. The van der Waals surface area contributed by atoms with Crippen LogP contribution < -0.4 is 15.4 Å². The second kappa shape index (κ2) is 7.96. The lowest BCUT2D eigenvalue weighted by molar-refractivity contribution is -0.991. The van der Waals surface area contributed by atoms with Crippen LogP contribution in [-0.2, 0) is 15.0 Å². The molecular formula is C28H23N3O5. The standard InChI is InChI=1S/C28H23N3O5/c1-16(32)25-24(26(33)18-8-6-9-19(15-18)31(35)36)28(20-10-3-4-11-21(20)29-27(28)34)23-14-13-17-7-2-5-12-22(17)30(23)25/h2-15,23-25,31,35H,1H3,(H,29,34). The molecule has 180 valence electrons. The molecule has 8 heteroatoms. The van der Waals surface area contributed by atoms with Gasteiger partial charge in [0.2, 0.25) is 5.91 Å². The monoisotopic (exact) mass is 481 g/mol. The summed E-state index contributed by atoms with van der Waals surface area (Å²) in [6.07, 6.45) is 3.84. The minimum Gasteiger partial charge on any atom is -0.595 e. The fourth-order valence-electron chi connectivity index (χ4n) is 6.26. The van der Waals surface area contributed by atoms with Gasteiger partial charge in [-0.15, -0.1) is 0 Å². The summed E-state index contributed by atoms with van der Waals surface area (Å²) in [5.74, 6) is -2.11. The van der Waals surface area contributed by atoms with E-state index in [0.29, 0.717) is 11.3 Å². The number of ketones is 2. The molecule has 5 unspecified atom stereocenters. The second-order valence-electron chi connectivity index (χ2n) is 9.42. The number of nitrogens with one attached hydrogen (secondary N) is 2. The van der Waals surface area contributed by atoms with Gasteiger partial charge < -0.3 is 15.4 Å². The number of Topliss-reactive ketones (excluding diaryl/α,β-unsaturated/α-hetero) is 2. The molecule has 0 saturated carbocycles. The van der Waals surface area contributed by atoms with Crippen LogP contribution in [0.15, 0.2) is 78.9 Å². The van der Waals surface area contributed by atoms with Gasteiger partial charge in [0.15, 0.2) is 17.3 Å². The van der Waals surface area contributed by atoms with Crippen LogP contribution in [0.5, 0.6) is 0 Å². The van der Waals surface area contributed by atoms with Gasteiger partial charge in [-0.3, -0.25) is 14.4 Å². The van der Waals surface area contributed by atoms with Crippen molar-refractivity contribution in [2.45, 2.75) is 24.4 Å². The first-order chi connectivity index (χ1) is 17.4. The Morgan fingerprint density at radius 3 is 2.58 bits per heavy atom. The summed E-state index contributed by atoms with van der Waals surface area (Å²) < 4.78 is 0. The number of anilines is 2. The van der Waals surface area contributed by atoms with E-state index in [2.05, 4.69) is 5.32 Å². The Labute approximate surface area is 207 Å². The van der Waals surface area contributed by atoms with Crippen LogP contribution in [0.25, 0.3) is 6.08 Å². The Kier molecular flexibility index (Phi) is 4.94. The van der Waals surface area contributed by atoms with Crippen molar-refractivity contribution in [1.82, 2.24) is 0 Å². The van der Waals surface area contributed by atoms with E-state index in [1.165, 1.54) is 25.1 Å². The maximum absolute atomic E-state index is 14.3. The third-order valence-corrected chi connectivity index (χ3v) is 7.63. The van der Waals surface area contributed by atoms with Crippen LogP contribution in [0.2, 0.25) is 0 Å². The van der Waals surface area contributed by atoms with E-state index in [0.717, 1.165) is 11.3 Å². The number of rotatable bonds is 4. The number of hydrogen-bond donors (Lipinski definition) is 3.